The van der Waals surface area contributed by atoms with Gasteiger partial charge in [-0.25, -0.2) is 0 Å². The van der Waals surface area contributed by atoms with Crippen molar-refractivity contribution in [1.82, 2.24) is 9.80 Å². The second-order valence-corrected chi connectivity index (χ2v) is 8.86. The van der Waals surface area contributed by atoms with Crippen LogP contribution in [0.4, 0.5) is 0 Å². The van der Waals surface area contributed by atoms with Crippen LogP contribution in [0.2, 0.25) is 0 Å². The summed E-state index contributed by atoms with van der Waals surface area (Å²) in [6, 6.07) is 11.5. The molecule has 2 aromatic carbocycles. The van der Waals surface area contributed by atoms with Gasteiger partial charge in [0.05, 0.1) is 32.4 Å². The molecule has 37 heavy (non-hydrogen) atoms. The summed E-state index contributed by atoms with van der Waals surface area (Å²) >= 11 is 0. The average Bonchev–Trinajstić information content (AvgIpc) is 3.18. The Labute approximate surface area is 219 Å². The lowest BCUT2D eigenvalue weighted by molar-refractivity contribution is -0.140. The molecule has 1 heterocycles. The molecule has 0 saturated carbocycles. The number of ether oxygens (including phenoxy) is 3. The molecule has 8 nitrogen and oxygen atoms in total. The van der Waals surface area contributed by atoms with Crippen molar-refractivity contribution in [2.45, 2.75) is 39.7 Å². The standard InChI is InChI=1S/C29H38N2O6/c1-6-9-18-37-22-13-10-20(11-14-22)26-25(27(32)21-12-15-23(35-4)24(19-21)36-5)28(33)29(34)31(26)17-16-30(7-2)8-3/h10-15,19,26,32H,6-9,16-18H2,1-5H3/b27-25-. The van der Waals surface area contributed by atoms with Gasteiger partial charge in [0.15, 0.2) is 11.5 Å². The fourth-order valence-corrected chi connectivity index (χ4v) is 4.47. The Morgan fingerprint density at radius 2 is 1.65 bits per heavy atom. The Kier molecular flexibility index (Phi) is 9.97. The molecule has 0 bridgehead atoms. The summed E-state index contributed by atoms with van der Waals surface area (Å²) in [5.74, 6) is 0.0408. The quantitative estimate of drug-likeness (QED) is 0.182. The number of rotatable bonds is 13. The molecular weight excluding hydrogens is 472 g/mol. The number of benzene rings is 2. The van der Waals surface area contributed by atoms with Crippen LogP contribution < -0.4 is 14.2 Å². The van der Waals surface area contributed by atoms with Crippen LogP contribution in [-0.2, 0) is 9.59 Å². The van der Waals surface area contributed by atoms with Crippen molar-refractivity contribution < 1.29 is 28.9 Å². The fourth-order valence-electron chi connectivity index (χ4n) is 4.47. The maximum atomic E-state index is 13.3. The van der Waals surface area contributed by atoms with Gasteiger partial charge < -0.3 is 29.1 Å². The third kappa shape index (κ3) is 6.25. The molecule has 1 amide bonds. The molecule has 1 atom stereocenters. The molecule has 1 aliphatic rings. The number of hydrogen-bond acceptors (Lipinski definition) is 7. The molecule has 0 aliphatic carbocycles. The normalized spacial score (nSPS) is 16.9. The van der Waals surface area contributed by atoms with E-state index in [0.717, 1.165) is 37.2 Å². The van der Waals surface area contributed by atoms with Gasteiger partial charge in [-0.05, 0) is 55.4 Å². The van der Waals surface area contributed by atoms with Gasteiger partial charge in [-0.3, -0.25) is 9.59 Å². The van der Waals surface area contributed by atoms with E-state index in [1.54, 1.807) is 23.1 Å². The van der Waals surface area contributed by atoms with Gasteiger partial charge in [-0.15, -0.1) is 0 Å². The summed E-state index contributed by atoms with van der Waals surface area (Å²) in [7, 11) is 3.02. The van der Waals surface area contributed by atoms with Gasteiger partial charge in [0.25, 0.3) is 11.7 Å². The van der Waals surface area contributed by atoms with Crippen molar-refractivity contribution >= 4 is 17.4 Å². The van der Waals surface area contributed by atoms with Gasteiger partial charge in [0.1, 0.15) is 11.5 Å². The first-order valence-corrected chi connectivity index (χ1v) is 12.9. The minimum absolute atomic E-state index is 0.0522. The van der Waals surface area contributed by atoms with Gasteiger partial charge >= 0.3 is 0 Å². The van der Waals surface area contributed by atoms with E-state index in [0.29, 0.717) is 36.8 Å². The van der Waals surface area contributed by atoms with Crippen LogP contribution in [0.1, 0.15) is 50.8 Å². The minimum Gasteiger partial charge on any atom is -0.507 e. The van der Waals surface area contributed by atoms with E-state index in [9.17, 15) is 14.7 Å². The number of likely N-dealkylation sites (tertiary alicyclic amines) is 1. The lowest BCUT2D eigenvalue weighted by atomic mass is 9.95. The van der Waals surface area contributed by atoms with Crippen molar-refractivity contribution in [3.63, 3.8) is 0 Å². The van der Waals surface area contributed by atoms with Crippen LogP contribution in [0.5, 0.6) is 17.2 Å². The van der Waals surface area contributed by atoms with E-state index in [4.69, 9.17) is 14.2 Å². The number of methoxy groups -OCH3 is 2. The maximum absolute atomic E-state index is 13.3. The number of carbonyl (C=O) groups excluding carboxylic acids is 2. The number of unbranched alkanes of at least 4 members (excludes halogenated alkanes) is 1. The van der Waals surface area contributed by atoms with Crippen LogP contribution in [0.3, 0.4) is 0 Å². The number of nitrogens with zero attached hydrogens (tertiary/aromatic N) is 2. The fraction of sp³-hybridized carbons (Fsp3) is 0.448. The number of ketones is 1. The van der Waals surface area contributed by atoms with Crippen molar-refractivity contribution in [3.8, 4) is 17.2 Å². The van der Waals surface area contributed by atoms with Gasteiger partial charge in [0.2, 0.25) is 0 Å². The molecule has 1 N–H and O–H groups in total. The molecule has 0 spiro atoms. The number of aliphatic hydroxyl groups is 1. The molecule has 1 saturated heterocycles. The van der Waals surface area contributed by atoms with E-state index in [-0.39, 0.29) is 11.3 Å². The zero-order valence-corrected chi connectivity index (χ0v) is 22.5. The Hall–Kier alpha value is -3.52. The number of likely N-dealkylation sites (N-methyl/N-ethyl adjacent to an activating group) is 1. The molecule has 1 aliphatic heterocycles. The summed E-state index contributed by atoms with van der Waals surface area (Å²) in [5, 5.41) is 11.4. The Bertz CT molecular complexity index is 1110. The lowest BCUT2D eigenvalue weighted by Crippen LogP contribution is -2.38. The zero-order valence-electron chi connectivity index (χ0n) is 22.5. The maximum Gasteiger partial charge on any atom is 0.295 e. The SMILES string of the molecule is CCCCOc1ccc(C2/C(=C(/O)c3ccc(OC)c(OC)c3)C(=O)C(=O)N2CCN(CC)CC)cc1. The molecule has 8 heteroatoms. The third-order valence-electron chi connectivity index (χ3n) is 6.71. The molecule has 0 radical (unpaired) electrons. The third-order valence-corrected chi connectivity index (χ3v) is 6.71. The largest absolute Gasteiger partial charge is 0.507 e. The topological polar surface area (TPSA) is 88.5 Å². The van der Waals surface area contributed by atoms with Crippen LogP contribution in [0, 0.1) is 0 Å². The molecule has 200 valence electrons. The van der Waals surface area contributed by atoms with Crippen LogP contribution in [0.15, 0.2) is 48.0 Å². The molecular formula is C29H38N2O6. The molecule has 1 unspecified atom stereocenters. The second kappa shape index (κ2) is 13.1. The summed E-state index contributed by atoms with van der Waals surface area (Å²) in [4.78, 5) is 30.3. The minimum atomic E-state index is -0.728. The Morgan fingerprint density at radius 3 is 2.24 bits per heavy atom. The van der Waals surface area contributed by atoms with Gasteiger partial charge in [-0.2, -0.15) is 0 Å². The lowest BCUT2D eigenvalue weighted by Gasteiger charge is -2.28. The first kappa shape index (κ1) is 28.1. The van der Waals surface area contributed by atoms with Crippen LogP contribution in [-0.4, -0.2) is 73.6 Å². The number of Topliss-reactive ketones (excluding diaryl/α,β-unsaturated/α-hetero) is 1. The molecule has 3 rings (SSSR count). The first-order valence-electron chi connectivity index (χ1n) is 12.9. The summed E-state index contributed by atoms with van der Waals surface area (Å²) in [5.41, 5.74) is 1.14. The zero-order chi connectivity index (χ0) is 26.9. The highest BCUT2D eigenvalue weighted by Gasteiger charge is 2.46. The van der Waals surface area contributed by atoms with Crippen LogP contribution >= 0.6 is 0 Å². The number of amides is 1. The van der Waals surface area contributed by atoms with E-state index in [2.05, 4.69) is 25.7 Å². The Morgan fingerprint density at radius 1 is 0.973 bits per heavy atom. The van der Waals surface area contributed by atoms with Gasteiger partial charge in [0, 0.05) is 18.7 Å². The second-order valence-electron chi connectivity index (χ2n) is 8.86. The van der Waals surface area contributed by atoms with E-state index in [1.807, 2.05) is 24.3 Å². The van der Waals surface area contributed by atoms with Gasteiger partial charge in [-0.1, -0.05) is 39.3 Å². The number of carbonyl (C=O) groups is 2. The molecule has 0 aromatic heterocycles. The average molecular weight is 511 g/mol. The number of hydrogen-bond donors (Lipinski definition) is 1. The molecule has 1 fully saturated rings. The highest BCUT2D eigenvalue weighted by atomic mass is 16.5. The Balaban J connectivity index is 2.06. The van der Waals surface area contributed by atoms with Crippen molar-refractivity contribution in [2.24, 2.45) is 0 Å². The highest BCUT2D eigenvalue weighted by molar-refractivity contribution is 6.46. The monoisotopic (exact) mass is 510 g/mol. The van der Waals surface area contributed by atoms with E-state index in [1.165, 1.54) is 14.2 Å². The summed E-state index contributed by atoms with van der Waals surface area (Å²) < 4.78 is 16.5. The first-order chi connectivity index (χ1) is 17.9. The highest BCUT2D eigenvalue weighted by Crippen LogP contribution is 2.41. The van der Waals surface area contributed by atoms with Crippen molar-refractivity contribution in [1.29, 1.82) is 0 Å². The van der Waals surface area contributed by atoms with E-state index < -0.39 is 17.7 Å². The summed E-state index contributed by atoms with van der Waals surface area (Å²) in [6.45, 7) is 9.48. The molecule has 2 aromatic rings. The van der Waals surface area contributed by atoms with Crippen LogP contribution in [0.25, 0.3) is 5.76 Å². The summed E-state index contributed by atoms with van der Waals surface area (Å²) in [6.07, 6.45) is 1.99. The van der Waals surface area contributed by atoms with Crippen molar-refractivity contribution in [2.75, 3.05) is 47.0 Å². The predicted octanol–water partition coefficient (Wildman–Crippen LogP) is 4.65. The number of aliphatic hydroxyl groups excluding tert-OH is 1. The smallest absolute Gasteiger partial charge is 0.295 e. The van der Waals surface area contributed by atoms with E-state index >= 15 is 0 Å². The van der Waals surface area contributed by atoms with Crippen molar-refractivity contribution in [3.05, 3.63) is 59.2 Å². The predicted molar refractivity (Wildman–Crippen MR) is 143 cm³/mol.